The van der Waals surface area contributed by atoms with Gasteiger partial charge in [-0.25, -0.2) is 4.70 Å². The van der Waals surface area contributed by atoms with Gasteiger partial charge in [0.05, 0.1) is 0 Å². The second-order valence-electron chi connectivity index (χ2n) is 11.6. The number of aryl methyl sites for hydroxylation is 2. The van der Waals surface area contributed by atoms with Crippen molar-refractivity contribution in [2.24, 2.45) is 0 Å². The highest BCUT2D eigenvalue weighted by atomic mass is 15.2. The molecule has 0 saturated carbocycles. The maximum atomic E-state index is 11.6. The van der Waals surface area contributed by atoms with Crippen LogP contribution in [0.1, 0.15) is 146 Å². The molecule has 0 N–H and O–H groups in total. The highest BCUT2D eigenvalue weighted by molar-refractivity contribution is 5.78. The summed E-state index contributed by atoms with van der Waals surface area (Å²) >= 11 is 0. The largest absolute Gasteiger partial charge is 0.493 e. The van der Waals surface area contributed by atoms with E-state index >= 15 is 0 Å². The summed E-state index contributed by atoms with van der Waals surface area (Å²) in [6.07, 6.45) is 24.9. The van der Waals surface area contributed by atoms with Crippen molar-refractivity contribution >= 4 is 11.4 Å². The van der Waals surface area contributed by atoms with Crippen LogP contribution in [0.2, 0.25) is 0 Å². The van der Waals surface area contributed by atoms with Gasteiger partial charge in [0.15, 0.2) is 0 Å². The van der Waals surface area contributed by atoms with Gasteiger partial charge >= 0.3 is 0 Å². The molecule has 1 aliphatic rings. The average molecular weight is 527 g/mol. The maximum Gasteiger partial charge on any atom is 0.210 e. The minimum atomic E-state index is 0.919. The fourth-order valence-corrected chi connectivity index (χ4v) is 5.80. The molecule has 2 aromatic rings. The summed E-state index contributed by atoms with van der Waals surface area (Å²) < 4.78 is 1.48. The molecule has 0 aromatic heterocycles. The van der Waals surface area contributed by atoms with Gasteiger partial charge in [-0.05, 0) is 73.9 Å². The van der Waals surface area contributed by atoms with Crippen LogP contribution in [0, 0.1) is 0 Å². The second kappa shape index (κ2) is 18.0. The fraction of sp³-hybridized carbons (Fsp3) is 0.568. The summed E-state index contributed by atoms with van der Waals surface area (Å²) in [5.41, 5.74) is 19.7. The molecule has 0 aliphatic carbocycles. The zero-order valence-electron chi connectivity index (χ0n) is 25.3. The summed E-state index contributed by atoms with van der Waals surface area (Å²) in [5.74, 6) is 0. The monoisotopic (exact) mass is 526 g/mol. The summed E-state index contributed by atoms with van der Waals surface area (Å²) in [4.78, 5) is 0. The Labute approximate surface area is 240 Å². The Morgan fingerprint density at radius 1 is 0.538 bits per heavy atom. The molecular formula is C37H54N2. The third kappa shape index (κ3) is 10.2. The van der Waals surface area contributed by atoms with Gasteiger partial charge in [-0.2, -0.15) is 0 Å². The topological polar surface area (TPSA) is 25.3 Å². The van der Waals surface area contributed by atoms with Gasteiger partial charge in [-0.3, -0.25) is 0 Å². The zero-order valence-corrected chi connectivity index (χ0v) is 25.3. The highest BCUT2D eigenvalue weighted by Crippen LogP contribution is 2.38. The Morgan fingerprint density at radius 3 is 1.59 bits per heavy atom. The molecule has 0 bridgehead atoms. The lowest BCUT2D eigenvalue weighted by molar-refractivity contribution is -0.344. The predicted molar refractivity (Wildman–Crippen MR) is 170 cm³/mol. The molecule has 0 saturated heterocycles. The molecular weight excluding hydrogens is 472 g/mol. The number of nitrogens with zero attached hydrogens (tertiary/aromatic N) is 2. The van der Waals surface area contributed by atoms with Gasteiger partial charge in [-0.1, -0.05) is 122 Å². The number of unbranched alkanes of at least 4 members (excludes halogenated alkanes) is 12. The Bertz CT molecular complexity index is 1070. The van der Waals surface area contributed by atoms with Crippen LogP contribution >= 0.6 is 0 Å². The zero-order chi connectivity index (χ0) is 27.7. The normalized spacial score (nSPS) is 13.4. The van der Waals surface area contributed by atoms with Crippen molar-refractivity contribution in [2.45, 2.75) is 136 Å². The van der Waals surface area contributed by atoms with Gasteiger partial charge in [0.1, 0.15) is 0 Å². The number of benzene rings is 2. The predicted octanol–water partition coefficient (Wildman–Crippen LogP) is 11.9. The van der Waals surface area contributed by atoms with Crippen molar-refractivity contribution < 1.29 is 4.70 Å². The number of hydrogen-bond donors (Lipinski definition) is 0. The lowest BCUT2D eigenvalue weighted by atomic mass is 9.98. The Morgan fingerprint density at radius 2 is 1.00 bits per heavy atom. The third-order valence-electron chi connectivity index (χ3n) is 8.17. The molecule has 2 heteroatoms. The average Bonchev–Trinajstić information content (AvgIpc) is 3.28. The van der Waals surface area contributed by atoms with Crippen molar-refractivity contribution in [3.8, 4) is 0 Å². The summed E-state index contributed by atoms with van der Waals surface area (Å²) in [6.45, 7) is 6.80. The van der Waals surface area contributed by atoms with E-state index in [9.17, 15) is 5.53 Å². The van der Waals surface area contributed by atoms with E-state index < -0.39 is 0 Å². The van der Waals surface area contributed by atoms with Crippen molar-refractivity contribution in [1.82, 2.24) is 0 Å². The van der Waals surface area contributed by atoms with E-state index in [1.54, 1.807) is 0 Å². The first-order valence-electron chi connectivity index (χ1n) is 16.3. The van der Waals surface area contributed by atoms with Crippen LogP contribution in [0.15, 0.2) is 60.2 Å². The minimum Gasteiger partial charge on any atom is -0.493 e. The summed E-state index contributed by atoms with van der Waals surface area (Å²) in [5, 5.41) is 0. The number of allylic oxidation sites excluding steroid dienone is 2. The molecule has 0 atom stereocenters. The fourth-order valence-electron chi connectivity index (χ4n) is 5.80. The maximum absolute atomic E-state index is 11.6. The Hall–Kier alpha value is -2.48. The van der Waals surface area contributed by atoms with Crippen LogP contribution in [-0.2, 0) is 12.8 Å². The summed E-state index contributed by atoms with van der Waals surface area (Å²) in [7, 11) is 0. The molecule has 39 heavy (non-hydrogen) atoms. The Balaban J connectivity index is 1.71. The summed E-state index contributed by atoms with van der Waals surface area (Å²) in [6, 6.07) is 17.8. The van der Waals surface area contributed by atoms with E-state index in [-0.39, 0.29) is 0 Å². The molecule has 0 spiro atoms. The molecule has 0 fully saturated rings. The Kier molecular flexibility index (Phi) is 14.3. The van der Waals surface area contributed by atoms with E-state index in [4.69, 9.17) is 0 Å². The SMILES string of the molecule is CCCCCCCCc1cccc(C2=CC(CCCCC)=C(c3cccc(CCCCCCCC)c3)[N+]2=[N-])c1. The van der Waals surface area contributed by atoms with E-state index in [2.05, 4.69) is 75.4 Å². The van der Waals surface area contributed by atoms with Gasteiger partial charge in [0, 0.05) is 22.8 Å². The molecule has 2 nitrogen and oxygen atoms in total. The molecule has 0 radical (unpaired) electrons. The van der Waals surface area contributed by atoms with Crippen molar-refractivity contribution in [3.63, 3.8) is 0 Å². The molecule has 3 rings (SSSR count). The van der Waals surface area contributed by atoms with Crippen LogP contribution in [0.3, 0.4) is 0 Å². The molecule has 1 aliphatic heterocycles. The molecule has 0 amide bonds. The lowest BCUT2D eigenvalue weighted by Gasteiger charge is -2.12. The van der Waals surface area contributed by atoms with E-state index in [0.29, 0.717) is 0 Å². The van der Waals surface area contributed by atoms with Crippen molar-refractivity contribution in [2.75, 3.05) is 0 Å². The van der Waals surface area contributed by atoms with Crippen LogP contribution in [-0.4, -0.2) is 4.70 Å². The van der Waals surface area contributed by atoms with Gasteiger partial charge in [0.25, 0.3) is 0 Å². The first-order chi connectivity index (χ1) is 19.2. The first kappa shape index (κ1) is 31.1. The van der Waals surface area contributed by atoms with Crippen LogP contribution in [0.5, 0.6) is 0 Å². The molecule has 212 valence electrons. The van der Waals surface area contributed by atoms with Crippen molar-refractivity contribution in [3.05, 3.63) is 88.0 Å². The van der Waals surface area contributed by atoms with Crippen LogP contribution < -0.4 is 0 Å². The highest BCUT2D eigenvalue weighted by Gasteiger charge is 2.28. The van der Waals surface area contributed by atoms with E-state index in [0.717, 1.165) is 48.2 Å². The van der Waals surface area contributed by atoms with E-state index in [1.165, 1.54) is 111 Å². The number of rotatable bonds is 20. The van der Waals surface area contributed by atoms with Crippen LogP contribution in [0.4, 0.5) is 0 Å². The van der Waals surface area contributed by atoms with Gasteiger partial charge in [0.2, 0.25) is 11.4 Å². The lowest BCUT2D eigenvalue weighted by Crippen LogP contribution is -2.03. The third-order valence-corrected chi connectivity index (χ3v) is 8.17. The van der Waals surface area contributed by atoms with Crippen molar-refractivity contribution in [1.29, 1.82) is 0 Å². The quantitative estimate of drug-likeness (QED) is 0.121. The minimum absolute atomic E-state index is 0.919. The number of hydrogen-bond acceptors (Lipinski definition) is 0. The smallest absolute Gasteiger partial charge is 0.210 e. The second-order valence-corrected chi connectivity index (χ2v) is 11.6. The van der Waals surface area contributed by atoms with Gasteiger partial charge in [-0.15, -0.1) is 0 Å². The first-order valence-corrected chi connectivity index (χ1v) is 16.3. The standard InChI is InChI=1S/C37H54N2/c1-4-7-10-12-14-17-21-31-23-19-26-33(28-31)36-30-35(25-16-9-6-3)37(39(36)38)34-27-20-24-32(29-34)22-18-15-13-11-8-5-2/h19-20,23-24,26-30H,4-18,21-22,25H2,1-3H3. The molecule has 1 heterocycles. The molecule has 2 aromatic carbocycles. The van der Waals surface area contributed by atoms with Gasteiger partial charge < -0.3 is 5.53 Å². The van der Waals surface area contributed by atoms with E-state index in [1.807, 2.05) is 0 Å². The van der Waals surface area contributed by atoms with Crippen LogP contribution in [0.25, 0.3) is 16.9 Å². The molecule has 0 unspecified atom stereocenters.